The lowest BCUT2D eigenvalue weighted by Crippen LogP contribution is -2.14. The van der Waals surface area contributed by atoms with Crippen molar-refractivity contribution in [3.63, 3.8) is 0 Å². The van der Waals surface area contributed by atoms with E-state index >= 15 is 0 Å². The molecule has 21 heavy (non-hydrogen) atoms. The Hall–Kier alpha value is -1.81. The highest BCUT2D eigenvalue weighted by atomic mass is 79.9. The maximum absolute atomic E-state index is 12.4. The summed E-state index contributed by atoms with van der Waals surface area (Å²) >= 11 is 3.52. The second-order valence-electron chi connectivity index (χ2n) is 5.40. The number of carbonyl (C=O) groups is 1. The van der Waals surface area contributed by atoms with Crippen LogP contribution < -0.4 is 11.1 Å². The van der Waals surface area contributed by atoms with E-state index < -0.39 is 0 Å². The molecule has 0 heterocycles. The molecule has 0 aliphatic rings. The van der Waals surface area contributed by atoms with Gasteiger partial charge < -0.3 is 11.1 Å². The Morgan fingerprint density at radius 3 is 2.10 bits per heavy atom. The molecule has 3 N–H and O–H groups in total. The first-order valence-electron chi connectivity index (χ1n) is 6.74. The van der Waals surface area contributed by atoms with Gasteiger partial charge in [0.05, 0.1) is 0 Å². The average molecular weight is 347 g/mol. The van der Waals surface area contributed by atoms with Crippen molar-refractivity contribution in [3.8, 4) is 0 Å². The van der Waals surface area contributed by atoms with Crippen LogP contribution in [0, 0.1) is 27.7 Å². The Morgan fingerprint density at radius 2 is 1.52 bits per heavy atom. The Kier molecular flexibility index (Phi) is 4.37. The summed E-state index contributed by atoms with van der Waals surface area (Å²) < 4.78 is 1.07. The number of benzene rings is 2. The third-order valence-corrected chi connectivity index (χ3v) is 4.80. The van der Waals surface area contributed by atoms with Gasteiger partial charge in [0.25, 0.3) is 5.91 Å². The highest BCUT2D eigenvalue weighted by Crippen LogP contribution is 2.26. The first-order valence-corrected chi connectivity index (χ1v) is 7.53. The highest BCUT2D eigenvalue weighted by Gasteiger charge is 2.12. The number of nitrogens with two attached hydrogens (primary N) is 1. The van der Waals surface area contributed by atoms with E-state index in [4.69, 9.17) is 5.73 Å². The molecule has 0 bridgehead atoms. The van der Waals surface area contributed by atoms with Gasteiger partial charge in [0, 0.05) is 21.4 Å². The Balaban J connectivity index is 2.32. The molecule has 3 nitrogen and oxygen atoms in total. The lowest BCUT2D eigenvalue weighted by atomic mass is 10.0. The summed E-state index contributed by atoms with van der Waals surface area (Å²) in [6.07, 6.45) is 0. The van der Waals surface area contributed by atoms with Gasteiger partial charge in [-0.25, -0.2) is 0 Å². The minimum Gasteiger partial charge on any atom is -0.398 e. The van der Waals surface area contributed by atoms with E-state index in [1.54, 1.807) is 6.07 Å². The number of anilines is 2. The SMILES string of the molecule is Cc1cc(C)c(C(=O)Nc2cc(C)c(Br)c(C)c2)cc1N. The van der Waals surface area contributed by atoms with E-state index in [0.29, 0.717) is 11.3 Å². The number of hydrogen-bond acceptors (Lipinski definition) is 2. The third kappa shape index (κ3) is 3.27. The number of carbonyl (C=O) groups excluding carboxylic acids is 1. The van der Waals surface area contributed by atoms with Crippen molar-refractivity contribution in [2.45, 2.75) is 27.7 Å². The van der Waals surface area contributed by atoms with Crippen LogP contribution >= 0.6 is 15.9 Å². The first kappa shape index (κ1) is 15.6. The van der Waals surface area contributed by atoms with Crippen molar-refractivity contribution in [2.75, 3.05) is 11.1 Å². The van der Waals surface area contributed by atoms with Gasteiger partial charge in [-0.15, -0.1) is 0 Å². The molecule has 0 aliphatic carbocycles. The second-order valence-corrected chi connectivity index (χ2v) is 6.19. The molecule has 0 aromatic heterocycles. The van der Waals surface area contributed by atoms with Crippen LogP contribution in [0.25, 0.3) is 0 Å². The predicted molar refractivity (Wildman–Crippen MR) is 91.9 cm³/mol. The van der Waals surface area contributed by atoms with Crippen molar-refractivity contribution in [1.82, 2.24) is 0 Å². The Morgan fingerprint density at radius 1 is 0.952 bits per heavy atom. The number of amides is 1. The molecule has 0 aliphatic heterocycles. The average Bonchev–Trinajstić information content (AvgIpc) is 2.40. The summed E-state index contributed by atoms with van der Waals surface area (Å²) in [6, 6.07) is 7.56. The van der Waals surface area contributed by atoms with Gasteiger partial charge in [0.1, 0.15) is 0 Å². The van der Waals surface area contributed by atoms with E-state index in [9.17, 15) is 4.79 Å². The Labute approximate surface area is 133 Å². The summed E-state index contributed by atoms with van der Waals surface area (Å²) in [7, 11) is 0. The maximum atomic E-state index is 12.4. The molecule has 0 radical (unpaired) electrons. The number of nitrogen functional groups attached to an aromatic ring is 1. The maximum Gasteiger partial charge on any atom is 0.256 e. The van der Waals surface area contributed by atoms with Gasteiger partial charge in [-0.1, -0.05) is 22.0 Å². The highest BCUT2D eigenvalue weighted by molar-refractivity contribution is 9.10. The molecule has 4 heteroatoms. The van der Waals surface area contributed by atoms with Gasteiger partial charge in [0.2, 0.25) is 0 Å². The van der Waals surface area contributed by atoms with Crippen molar-refractivity contribution in [1.29, 1.82) is 0 Å². The zero-order valence-electron chi connectivity index (χ0n) is 12.7. The van der Waals surface area contributed by atoms with Crippen molar-refractivity contribution in [3.05, 3.63) is 56.6 Å². The van der Waals surface area contributed by atoms with Crippen molar-refractivity contribution in [2.24, 2.45) is 0 Å². The molecule has 0 spiro atoms. The standard InChI is InChI=1S/C17H19BrN2O/c1-9-5-10(2)15(19)8-14(9)17(21)20-13-6-11(3)16(18)12(4)7-13/h5-8H,19H2,1-4H3,(H,20,21). The van der Waals surface area contributed by atoms with Crippen molar-refractivity contribution >= 4 is 33.2 Å². The van der Waals surface area contributed by atoms with Crippen LogP contribution in [0.3, 0.4) is 0 Å². The Bertz CT molecular complexity index is 700. The smallest absolute Gasteiger partial charge is 0.256 e. The monoisotopic (exact) mass is 346 g/mol. The van der Waals surface area contributed by atoms with E-state index in [-0.39, 0.29) is 5.91 Å². The molecular formula is C17H19BrN2O. The van der Waals surface area contributed by atoms with Crippen LogP contribution in [0.5, 0.6) is 0 Å². The molecule has 110 valence electrons. The van der Waals surface area contributed by atoms with Gasteiger partial charge in [-0.05, 0) is 68.1 Å². The summed E-state index contributed by atoms with van der Waals surface area (Å²) in [5.74, 6) is -0.139. The lowest BCUT2D eigenvalue weighted by molar-refractivity contribution is 0.102. The summed E-state index contributed by atoms with van der Waals surface area (Å²) in [5, 5.41) is 2.94. The summed E-state index contributed by atoms with van der Waals surface area (Å²) in [6.45, 7) is 7.86. The molecule has 0 saturated heterocycles. The number of halogens is 1. The van der Waals surface area contributed by atoms with Crippen LogP contribution in [0.1, 0.15) is 32.6 Å². The fourth-order valence-electron chi connectivity index (χ4n) is 2.33. The van der Waals surface area contributed by atoms with E-state index in [1.807, 2.05) is 45.9 Å². The van der Waals surface area contributed by atoms with E-state index in [0.717, 1.165) is 32.4 Å². The third-order valence-electron chi connectivity index (χ3n) is 3.55. The minimum absolute atomic E-state index is 0.139. The van der Waals surface area contributed by atoms with Crippen LogP contribution in [-0.4, -0.2) is 5.91 Å². The van der Waals surface area contributed by atoms with Gasteiger partial charge >= 0.3 is 0 Å². The quantitative estimate of drug-likeness (QED) is 0.785. The lowest BCUT2D eigenvalue weighted by Gasteiger charge is -2.12. The topological polar surface area (TPSA) is 55.1 Å². The van der Waals surface area contributed by atoms with Crippen LogP contribution in [0.4, 0.5) is 11.4 Å². The van der Waals surface area contributed by atoms with Crippen molar-refractivity contribution < 1.29 is 4.79 Å². The predicted octanol–water partition coefficient (Wildman–Crippen LogP) is 4.52. The van der Waals surface area contributed by atoms with E-state index in [2.05, 4.69) is 21.2 Å². The van der Waals surface area contributed by atoms with Crippen LogP contribution in [-0.2, 0) is 0 Å². The minimum atomic E-state index is -0.139. The number of aryl methyl sites for hydroxylation is 4. The van der Waals surface area contributed by atoms with E-state index in [1.165, 1.54) is 0 Å². The van der Waals surface area contributed by atoms with Gasteiger partial charge in [0.15, 0.2) is 0 Å². The normalized spacial score (nSPS) is 10.5. The summed E-state index contributed by atoms with van der Waals surface area (Å²) in [5.41, 5.74) is 12.0. The molecular weight excluding hydrogens is 328 g/mol. The fraction of sp³-hybridized carbons (Fsp3) is 0.235. The zero-order valence-corrected chi connectivity index (χ0v) is 14.3. The first-order chi connectivity index (χ1) is 9.79. The number of hydrogen-bond donors (Lipinski definition) is 2. The molecule has 0 unspecified atom stereocenters. The molecule has 0 atom stereocenters. The summed E-state index contributed by atoms with van der Waals surface area (Å²) in [4.78, 5) is 12.4. The molecule has 0 saturated carbocycles. The largest absolute Gasteiger partial charge is 0.398 e. The fourth-order valence-corrected chi connectivity index (χ4v) is 2.56. The second kappa shape index (κ2) is 5.90. The van der Waals surface area contributed by atoms with Crippen LogP contribution in [0.15, 0.2) is 28.7 Å². The molecule has 2 aromatic carbocycles. The zero-order chi connectivity index (χ0) is 15.7. The molecule has 1 amide bonds. The van der Waals surface area contributed by atoms with Gasteiger partial charge in [-0.2, -0.15) is 0 Å². The molecule has 2 aromatic rings. The van der Waals surface area contributed by atoms with Crippen LogP contribution in [0.2, 0.25) is 0 Å². The molecule has 0 fully saturated rings. The molecule has 2 rings (SSSR count). The number of nitrogens with one attached hydrogen (secondary N) is 1. The van der Waals surface area contributed by atoms with Gasteiger partial charge in [-0.3, -0.25) is 4.79 Å². The number of rotatable bonds is 2.